The minimum atomic E-state index is -0.438. The monoisotopic (exact) mass is 381 g/mol. The molecule has 1 aliphatic rings. The van der Waals surface area contributed by atoms with E-state index in [4.69, 9.17) is 14.7 Å². The van der Waals surface area contributed by atoms with Crippen LogP contribution < -0.4 is 11.1 Å². The van der Waals surface area contributed by atoms with E-state index in [1.165, 1.54) is 17.6 Å². The van der Waals surface area contributed by atoms with E-state index < -0.39 is 5.54 Å². The fraction of sp³-hybridized carbons (Fsp3) is 0.333. The number of anilines is 1. The number of carbonyl (C=O) groups excluding carboxylic acids is 1. The molecule has 0 aliphatic heterocycles. The van der Waals surface area contributed by atoms with Crippen LogP contribution in [0.3, 0.4) is 0 Å². The van der Waals surface area contributed by atoms with E-state index in [9.17, 15) is 4.79 Å². The number of hydrogen-bond acceptors (Lipinski definition) is 8. The van der Waals surface area contributed by atoms with E-state index in [1.807, 2.05) is 5.38 Å². The Morgan fingerprint density at radius 1 is 1.40 bits per heavy atom. The molecule has 1 aliphatic carbocycles. The first-order chi connectivity index (χ1) is 11.6. The van der Waals surface area contributed by atoms with Crippen LogP contribution in [0.5, 0.6) is 0 Å². The number of nitrogens with two attached hydrogens (primary N) is 1. The first-order valence-corrected chi connectivity index (χ1v) is 8.42. The zero-order valence-electron chi connectivity index (χ0n) is 13.1. The van der Waals surface area contributed by atoms with Crippen LogP contribution in [0.2, 0.25) is 0 Å². The Morgan fingerprint density at radius 2 is 2.24 bits per heavy atom. The van der Waals surface area contributed by atoms with Crippen molar-refractivity contribution in [1.82, 2.24) is 15.1 Å². The number of rotatable bonds is 5. The molecule has 3 heterocycles. The third kappa shape index (κ3) is 3.58. The van der Waals surface area contributed by atoms with Crippen molar-refractivity contribution in [3.05, 3.63) is 46.9 Å². The van der Waals surface area contributed by atoms with Gasteiger partial charge in [-0.1, -0.05) is 5.16 Å². The van der Waals surface area contributed by atoms with Crippen molar-refractivity contribution in [2.75, 3.05) is 5.32 Å². The Labute approximate surface area is 153 Å². The first kappa shape index (κ1) is 17.6. The molecule has 1 saturated carbocycles. The second-order valence-electron chi connectivity index (χ2n) is 5.77. The fourth-order valence-electron chi connectivity index (χ4n) is 2.48. The van der Waals surface area contributed by atoms with Crippen molar-refractivity contribution < 1.29 is 13.7 Å². The van der Waals surface area contributed by atoms with Gasteiger partial charge in [0, 0.05) is 5.38 Å². The number of carbonyl (C=O) groups is 1. The lowest BCUT2D eigenvalue weighted by Crippen LogP contribution is -2.44. The number of nitrogens with one attached hydrogen (secondary N) is 1. The van der Waals surface area contributed by atoms with Gasteiger partial charge in [0.15, 0.2) is 16.7 Å². The van der Waals surface area contributed by atoms with Crippen LogP contribution in [0.25, 0.3) is 0 Å². The molecule has 1 amide bonds. The predicted octanol–water partition coefficient (Wildman–Crippen LogP) is 2.72. The zero-order valence-corrected chi connectivity index (χ0v) is 14.7. The van der Waals surface area contributed by atoms with Crippen LogP contribution in [0.1, 0.15) is 47.2 Å². The molecule has 3 aromatic heterocycles. The van der Waals surface area contributed by atoms with Crippen molar-refractivity contribution in [2.24, 2.45) is 5.73 Å². The Morgan fingerprint density at radius 3 is 2.92 bits per heavy atom. The average Bonchev–Trinajstić information content (AvgIpc) is 3.26. The second-order valence-corrected chi connectivity index (χ2v) is 6.63. The summed E-state index contributed by atoms with van der Waals surface area (Å²) in [5, 5.41) is 8.99. The topological polar surface area (TPSA) is 120 Å². The van der Waals surface area contributed by atoms with Crippen LogP contribution in [0, 0.1) is 0 Å². The Hall–Kier alpha value is -2.23. The molecular formula is C15H16ClN5O3S. The number of aromatic nitrogens is 3. The summed E-state index contributed by atoms with van der Waals surface area (Å²) < 4.78 is 10.3. The lowest BCUT2D eigenvalue weighted by molar-refractivity contribution is 0.0996. The molecule has 25 heavy (non-hydrogen) atoms. The van der Waals surface area contributed by atoms with Crippen molar-refractivity contribution in [3.8, 4) is 0 Å². The standard InChI is InChI=1S/C15H15N5O3S.ClH/c16-15(4-2-5-15)13-18-11(23-20-13)7-9-8-24-14(17-9)19-12(21)10-3-1-6-22-10;/h1,3,6,8H,2,4-5,7,16H2,(H,17,19,21);1H. The van der Waals surface area contributed by atoms with Gasteiger partial charge in [0.25, 0.3) is 5.91 Å². The summed E-state index contributed by atoms with van der Waals surface area (Å²) in [6.07, 6.45) is 4.69. The fourth-order valence-corrected chi connectivity index (χ4v) is 3.18. The van der Waals surface area contributed by atoms with Crippen molar-refractivity contribution in [3.63, 3.8) is 0 Å². The largest absolute Gasteiger partial charge is 0.459 e. The summed E-state index contributed by atoms with van der Waals surface area (Å²) in [5.41, 5.74) is 6.48. The van der Waals surface area contributed by atoms with Gasteiger partial charge < -0.3 is 14.7 Å². The number of amides is 1. The summed E-state index contributed by atoms with van der Waals surface area (Å²) in [4.78, 5) is 20.6. The summed E-state index contributed by atoms with van der Waals surface area (Å²) in [7, 11) is 0. The Bertz CT molecular complexity index is 856. The van der Waals surface area contributed by atoms with E-state index in [-0.39, 0.29) is 24.1 Å². The van der Waals surface area contributed by atoms with Crippen molar-refractivity contribution >= 4 is 34.8 Å². The number of nitrogens with zero attached hydrogens (tertiary/aromatic N) is 3. The molecule has 0 saturated heterocycles. The molecule has 4 rings (SSSR count). The second kappa shape index (κ2) is 6.95. The minimum Gasteiger partial charge on any atom is -0.459 e. The number of hydrogen-bond donors (Lipinski definition) is 2. The molecule has 0 aromatic carbocycles. The lowest BCUT2D eigenvalue weighted by atomic mass is 9.77. The average molecular weight is 382 g/mol. The Balaban J connectivity index is 0.00000182. The third-order valence-corrected chi connectivity index (χ3v) is 4.82. The summed E-state index contributed by atoms with van der Waals surface area (Å²) in [6, 6.07) is 3.24. The summed E-state index contributed by atoms with van der Waals surface area (Å²) >= 11 is 1.32. The highest BCUT2D eigenvalue weighted by Gasteiger charge is 2.38. The molecule has 1 fully saturated rings. The van der Waals surface area contributed by atoms with E-state index in [0.29, 0.717) is 23.3 Å². The molecule has 0 spiro atoms. The molecule has 3 N–H and O–H groups in total. The van der Waals surface area contributed by atoms with Gasteiger partial charge in [-0.25, -0.2) is 4.98 Å². The zero-order chi connectivity index (χ0) is 16.6. The van der Waals surface area contributed by atoms with Gasteiger partial charge in [0.05, 0.1) is 23.9 Å². The van der Waals surface area contributed by atoms with Crippen LogP contribution >= 0.6 is 23.7 Å². The highest BCUT2D eigenvalue weighted by Crippen LogP contribution is 2.37. The number of halogens is 1. The normalized spacial score (nSPS) is 15.2. The molecule has 0 radical (unpaired) electrons. The quantitative estimate of drug-likeness (QED) is 0.696. The predicted molar refractivity (Wildman–Crippen MR) is 92.8 cm³/mol. The van der Waals surface area contributed by atoms with Gasteiger partial charge >= 0.3 is 0 Å². The third-order valence-electron chi connectivity index (χ3n) is 4.01. The maximum Gasteiger partial charge on any atom is 0.293 e. The van der Waals surface area contributed by atoms with Crippen LogP contribution in [0.15, 0.2) is 32.7 Å². The van der Waals surface area contributed by atoms with E-state index in [2.05, 4.69) is 20.4 Å². The maximum absolute atomic E-state index is 11.9. The maximum atomic E-state index is 11.9. The molecule has 0 bridgehead atoms. The molecule has 132 valence electrons. The molecule has 8 nitrogen and oxygen atoms in total. The lowest BCUT2D eigenvalue weighted by Gasteiger charge is -2.34. The van der Waals surface area contributed by atoms with Gasteiger partial charge in [-0.15, -0.1) is 23.7 Å². The SMILES string of the molecule is Cl.NC1(c2noc(Cc3csc(NC(=O)c4ccco4)n3)n2)CCC1. The van der Waals surface area contributed by atoms with E-state index in [0.717, 1.165) is 25.0 Å². The highest BCUT2D eigenvalue weighted by molar-refractivity contribution is 7.13. The van der Waals surface area contributed by atoms with Gasteiger partial charge in [-0.2, -0.15) is 4.98 Å². The van der Waals surface area contributed by atoms with Gasteiger partial charge in [0.1, 0.15) is 0 Å². The summed E-state index contributed by atoms with van der Waals surface area (Å²) in [5.74, 6) is 0.930. The number of furan rings is 1. The van der Waals surface area contributed by atoms with Crippen LogP contribution in [0.4, 0.5) is 5.13 Å². The van der Waals surface area contributed by atoms with Crippen LogP contribution in [-0.2, 0) is 12.0 Å². The molecule has 0 atom stereocenters. The molecule has 0 unspecified atom stereocenters. The minimum absolute atomic E-state index is 0. The molecular weight excluding hydrogens is 366 g/mol. The van der Waals surface area contributed by atoms with E-state index >= 15 is 0 Å². The Kier molecular flexibility index (Phi) is 4.89. The van der Waals surface area contributed by atoms with E-state index in [1.54, 1.807) is 12.1 Å². The molecule has 3 aromatic rings. The highest BCUT2D eigenvalue weighted by atomic mass is 35.5. The number of thiazole rings is 1. The van der Waals surface area contributed by atoms with Gasteiger partial charge in [-0.3, -0.25) is 10.1 Å². The van der Waals surface area contributed by atoms with Crippen molar-refractivity contribution in [2.45, 2.75) is 31.2 Å². The van der Waals surface area contributed by atoms with Crippen LogP contribution in [-0.4, -0.2) is 21.0 Å². The van der Waals surface area contributed by atoms with Gasteiger partial charge in [0.2, 0.25) is 5.89 Å². The van der Waals surface area contributed by atoms with Crippen molar-refractivity contribution in [1.29, 1.82) is 0 Å². The first-order valence-electron chi connectivity index (χ1n) is 7.54. The molecule has 10 heteroatoms. The smallest absolute Gasteiger partial charge is 0.293 e. The van der Waals surface area contributed by atoms with Gasteiger partial charge in [-0.05, 0) is 31.4 Å². The summed E-state index contributed by atoms with van der Waals surface area (Å²) in [6.45, 7) is 0.